The number of nitrogens with one attached hydrogen (secondary N) is 1. The lowest BCUT2D eigenvalue weighted by atomic mass is 10.1. The lowest BCUT2D eigenvalue weighted by Gasteiger charge is -2.17. The molecule has 0 aromatic carbocycles. The highest BCUT2D eigenvalue weighted by atomic mass is 16.1. The Morgan fingerprint density at radius 1 is 1.43 bits per heavy atom. The summed E-state index contributed by atoms with van der Waals surface area (Å²) in [5, 5.41) is 3.11. The van der Waals surface area contributed by atoms with Crippen LogP contribution in [0.2, 0.25) is 0 Å². The van der Waals surface area contributed by atoms with Gasteiger partial charge in [0, 0.05) is 12.5 Å². The topological polar surface area (TPSA) is 55.1 Å². The van der Waals surface area contributed by atoms with E-state index in [1.807, 2.05) is 0 Å². The molecule has 1 aliphatic rings. The molecule has 1 fully saturated rings. The van der Waals surface area contributed by atoms with Gasteiger partial charge < -0.3 is 11.1 Å². The fraction of sp³-hybridized carbons (Fsp3) is 0.909. The monoisotopic (exact) mass is 198 g/mol. The van der Waals surface area contributed by atoms with Crippen LogP contribution >= 0.6 is 0 Å². The zero-order valence-electron chi connectivity index (χ0n) is 9.09. The van der Waals surface area contributed by atoms with Crippen molar-refractivity contribution in [3.05, 3.63) is 0 Å². The molecule has 0 saturated heterocycles. The minimum Gasteiger partial charge on any atom is -0.353 e. The summed E-state index contributed by atoms with van der Waals surface area (Å²) in [5.41, 5.74) is 5.37. The van der Waals surface area contributed by atoms with E-state index in [-0.39, 0.29) is 5.91 Å². The van der Waals surface area contributed by atoms with E-state index in [1.54, 1.807) is 0 Å². The predicted molar refractivity (Wildman–Crippen MR) is 57.9 cm³/mol. The maximum atomic E-state index is 11.5. The van der Waals surface area contributed by atoms with Crippen LogP contribution in [-0.2, 0) is 4.79 Å². The summed E-state index contributed by atoms with van der Waals surface area (Å²) in [6.07, 6.45) is 6.18. The largest absolute Gasteiger partial charge is 0.353 e. The zero-order valence-corrected chi connectivity index (χ0v) is 9.09. The molecule has 1 rings (SSSR count). The first kappa shape index (κ1) is 11.5. The number of unbranched alkanes of at least 4 members (excludes halogenated alkanes) is 1. The molecule has 0 bridgehead atoms. The van der Waals surface area contributed by atoms with Gasteiger partial charge in [-0.3, -0.25) is 4.79 Å². The van der Waals surface area contributed by atoms with Crippen molar-refractivity contribution in [2.75, 3.05) is 6.54 Å². The molecule has 0 spiro atoms. The van der Waals surface area contributed by atoms with Gasteiger partial charge in [0.25, 0.3) is 0 Å². The first-order valence-electron chi connectivity index (χ1n) is 5.73. The number of hydrogen-bond donors (Lipinski definition) is 2. The van der Waals surface area contributed by atoms with Crippen LogP contribution in [0, 0.1) is 5.92 Å². The third-order valence-corrected chi connectivity index (χ3v) is 3.07. The first-order chi connectivity index (χ1) is 6.74. The molecule has 0 aliphatic heterocycles. The van der Waals surface area contributed by atoms with Gasteiger partial charge in [-0.1, -0.05) is 13.3 Å². The van der Waals surface area contributed by atoms with E-state index in [9.17, 15) is 4.79 Å². The second kappa shape index (κ2) is 6.02. The average molecular weight is 198 g/mol. The van der Waals surface area contributed by atoms with E-state index in [0.717, 1.165) is 19.3 Å². The first-order valence-corrected chi connectivity index (χ1v) is 5.73. The highest BCUT2D eigenvalue weighted by Crippen LogP contribution is 2.24. The molecule has 1 amide bonds. The third kappa shape index (κ3) is 3.66. The van der Waals surface area contributed by atoms with Gasteiger partial charge in [-0.25, -0.2) is 0 Å². The van der Waals surface area contributed by atoms with Gasteiger partial charge in [-0.05, 0) is 38.1 Å². The minimum atomic E-state index is 0.206. The van der Waals surface area contributed by atoms with E-state index in [2.05, 4.69) is 12.2 Å². The van der Waals surface area contributed by atoms with Crippen molar-refractivity contribution in [2.45, 2.75) is 51.5 Å². The Labute approximate surface area is 86.4 Å². The van der Waals surface area contributed by atoms with Crippen LogP contribution in [0.4, 0.5) is 0 Å². The molecule has 1 saturated carbocycles. The van der Waals surface area contributed by atoms with Gasteiger partial charge in [0.15, 0.2) is 0 Å². The van der Waals surface area contributed by atoms with Crippen molar-refractivity contribution in [3.63, 3.8) is 0 Å². The number of rotatable bonds is 5. The van der Waals surface area contributed by atoms with Crippen LogP contribution < -0.4 is 11.1 Å². The Hall–Kier alpha value is -0.570. The molecule has 82 valence electrons. The third-order valence-electron chi connectivity index (χ3n) is 3.07. The predicted octanol–water partition coefficient (Wildman–Crippen LogP) is 1.42. The lowest BCUT2D eigenvalue weighted by Crippen LogP contribution is -2.36. The molecule has 0 heterocycles. The Morgan fingerprint density at radius 3 is 2.79 bits per heavy atom. The van der Waals surface area contributed by atoms with Crippen molar-refractivity contribution in [1.82, 2.24) is 5.32 Å². The molecule has 2 unspecified atom stereocenters. The average Bonchev–Trinajstić information content (AvgIpc) is 2.52. The summed E-state index contributed by atoms with van der Waals surface area (Å²) in [4.78, 5) is 11.5. The Kier molecular flexibility index (Phi) is 4.94. The number of hydrogen-bond acceptors (Lipinski definition) is 2. The van der Waals surface area contributed by atoms with Crippen molar-refractivity contribution in [3.8, 4) is 0 Å². The standard InChI is InChI=1S/C11H22N2O/c1-9-5-4-6-10(9)13-11(14)7-2-3-8-12/h9-10H,2-8,12H2,1H3,(H,13,14). The van der Waals surface area contributed by atoms with Crippen LogP contribution in [0.3, 0.4) is 0 Å². The van der Waals surface area contributed by atoms with Crippen LogP contribution in [0.15, 0.2) is 0 Å². The number of carbonyl (C=O) groups is 1. The van der Waals surface area contributed by atoms with Gasteiger partial charge in [-0.15, -0.1) is 0 Å². The SMILES string of the molecule is CC1CCCC1NC(=O)CCCCN. The maximum Gasteiger partial charge on any atom is 0.220 e. The highest BCUT2D eigenvalue weighted by molar-refractivity contribution is 5.76. The van der Waals surface area contributed by atoms with Gasteiger partial charge in [-0.2, -0.15) is 0 Å². The molecular weight excluding hydrogens is 176 g/mol. The number of nitrogens with two attached hydrogens (primary N) is 1. The van der Waals surface area contributed by atoms with Gasteiger partial charge >= 0.3 is 0 Å². The summed E-state index contributed by atoms with van der Waals surface area (Å²) in [5.74, 6) is 0.866. The van der Waals surface area contributed by atoms with Crippen molar-refractivity contribution < 1.29 is 4.79 Å². The molecule has 3 nitrogen and oxygen atoms in total. The molecule has 0 aromatic rings. The maximum absolute atomic E-state index is 11.5. The second-order valence-electron chi connectivity index (χ2n) is 4.33. The molecule has 3 N–H and O–H groups in total. The van der Waals surface area contributed by atoms with Crippen molar-refractivity contribution >= 4 is 5.91 Å². The molecule has 0 aromatic heterocycles. The van der Waals surface area contributed by atoms with Crippen LogP contribution in [0.5, 0.6) is 0 Å². The minimum absolute atomic E-state index is 0.206. The fourth-order valence-corrected chi connectivity index (χ4v) is 2.07. The quantitative estimate of drug-likeness (QED) is 0.656. The van der Waals surface area contributed by atoms with E-state index in [0.29, 0.717) is 24.9 Å². The fourth-order valence-electron chi connectivity index (χ4n) is 2.07. The van der Waals surface area contributed by atoms with E-state index < -0.39 is 0 Å². The molecule has 0 radical (unpaired) electrons. The summed E-state index contributed by atoms with van der Waals surface area (Å²) in [6.45, 7) is 2.91. The zero-order chi connectivity index (χ0) is 10.4. The Morgan fingerprint density at radius 2 is 2.21 bits per heavy atom. The van der Waals surface area contributed by atoms with E-state index in [4.69, 9.17) is 5.73 Å². The molecule has 14 heavy (non-hydrogen) atoms. The van der Waals surface area contributed by atoms with Crippen molar-refractivity contribution in [2.24, 2.45) is 11.7 Å². The summed E-state index contributed by atoms with van der Waals surface area (Å²) in [7, 11) is 0. The molecule has 3 heteroatoms. The smallest absolute Gasteiger partial charge is 0.220 e. The van der Waals surface area contributed by atoms with Crippen LogP contribution in [0.25, 0.3) is 0 Å². The molecule has 1 aliphatic carbocycles. The van der Waals surface area contributed by atoms with Gasteiger partial charge in [0.2, 0.25) is 5.91 Å². The highest BCUT2D eigenvalue weighted by Gasteiger charge is 2.24. The van der Waals surface area contributed by atoms with E-state index >= 15 is 0 Å². The molecule has 2 atom stereocenters. The number of carbonyl (C=O) groups excluding carboxylic acids is 1. The second-order valence-corrected chi connectivity index (χ2v) is 4.33. The van der Waals surface area contributed by atoms with Crippen LogP contribution in [-0.4, -0.2) is 18.5 Å². The summed E-state index contributed by atoms with van der Waals surface area (Å²) in [6, 6.07) is 0.431. The van der Waals surface area contributed by atoms with Gasteiger partial charge in [0.05, 0.1) is 0 Å². The summed E-state index contributed by atoms with van der Waals surface area (Å²) < 4.78 is 0. The summed E-state index contributed by atoms with van der Waals surface area (Å²) >= 11 is 0. The van der Waals surface area contributed by atoms with Gasteiger partial charge in [0.1, 0.15) is 0 Å². The Bertz CT molecular complexity index is 182. The number of amides is 1. The molecular formula is C11H22N2O. The van der Waals surface area contributed by atoms with E-state index in [1.165, 1.54) is 12.8 Å². The Balaban J connectivity index is 2.13. The lowest BCUT2D eigenvalue weighted by molar-refractivity contribution is -0.122. The normalized spacial score (nSPS) is 26.4. The van der Waals surface area contributed by atoms with Crippen LogP contribution in [0.1, 0.15) is 45.4 Å². The van der Waals surface area contributed by atoms with Crippen molar-refractivity contribution in [1.29, 1.82) is 0 Å².